The van der Waals surface area contributed by atoms with Gasteiger partial charge in [0.25, 0.3) is 0 Å². The zero-order chi connectivity index (χ0) is 14.1. The highest BCUT2D eigenvalue weighted by Crippen LogP contribution is 2.18. The van der Waals surface area contributed by atoms with Crippen LogP contribution in [0.3, 0.4) is 0 Å². The lowest BCUT2D eigenvalue weighted by molar-refractivity contribution is 0.221. The molecule has 0 heterocycles. The third-order valence-corrected chi connectivity index (χ3v) is 2.96. The number of nitrogens with zero attached hydrogens (tertiary/aromatic N) is 2. The third kappa shape index (κ3) is 6.95. The number of benzene rings is 1. The number of rotatable bonds is 8. The van der Waals surface area contributed by atoms with Crippen LogP contribution in [0.5, 0.6) is 5.75 Å². The Labute approximate surface area is 138 Å². The smallest absolute Gasteiger partial charge is 0.186 e. The molecule has 0 unspecified atom stereocenters. The predicted octanol–water partition coefficient (Wildman–Crippen LogP) is 1.80. The van der Waals surface area contributed by atoms with E-state index in [0.29, 0.717) is 13.2 Å². The molecular formula is C14H25IN4O. The summed E-state index contributed by atoms with van der Waals surface area (Å²) in [5.41, 5.74) is 11.7. The Kier molecular flexibility index (Phi) is 10.2. The van der Waals surface area contributed by atoms with E-state index in [1.807, 2.05) is 24.3 Å². The predicted molar refractivity (Wildman–Crippen MR) is 94.7 cm³/mol. The Morgan fingerprint density at radius 1 is 1.20 bits per heavy atom. The van der Waals surface area contributed by atoms with Gasteiger partial charge in [0, 0.05) is 12.1 Å². The lowest BCUT2D eigenvalue weighted by atomic mass is 10.2. The van der Waals surface area contributed by atoms with Crippen LogP contribution in [0.4, 0.5) is 0 Å². The molecule has 0 aliphatic carbocycles. The molecule has 0 aliphatic heterocycles. The monoisotopic (exact) mass is 392 g/mol. The number of halogens is 1. The van der Waals surface area contributed by atoms with Crippen molar-refractivity contribution >= 4 is 29.9 Å². The summed E-state index contributed by atoms with van der Waals surface area (Å²) in [6, 6.07) is 7.82. The maximum Gasteiger partial charge on any atom is 0.186 e. The van der Waals surface area contributed by atoms with Crippen LogP contribution >= 0.6 is 24.0 Å². The van der Waals surface area contributed by atoms with Gasteiger partial charge in [-0.25, -0.2) is 4.99 Å². The first-order valence-corrected chi connectivity index (χ1v) is 6.65. The molecule has 0 spiro atoms. The Hall–Kier alpha value is -1.02. The van der Waals surface area contributed by atoms with Crippen LogP contribution in [-0.2, 0) is 6.54 Å². The van der Waals surface area contributed by atoms with Gasteiger partial charge >= 0.3 is 0 Å². The first-order valence-electron chi connectivity index (χ1n) is 6.65. The van der Waals surface area contributed by atoms with E-state index < -0.39 is 0 Å². The average molecular weight is 392 g/mol. The fourth-order valence-corrected chi connectivity index (χ4v) is 1.78. The summed E-state index contributed by atoms with van der Waals surface area (Å²) in [5.74, 6) is 0.942. The first-order chi connectivity index (χ1) is 9.17. The molecule has 0 bridgehead atoms. The summed E-state index contributed by atoms with van der Waals surface area (Å²) >= 11 is 0. The van der Waals surface area contributed by atoms with Crippen molar-refractivity contribution < 1.29 is 4.74 Å². The molecular weight excluding hydrogens is 367 g/mol. The minimum Gasteiger partial charge on any atom is -0.492 e. The normalized spacial score (nSPS) is 9.95. The molecule has 4 N–H and O–H groups in total. The molecule has 0 aromatic heterocycles. The highest BCUT2D eigenvalue weighted by Gasteiger charge is 2.04. The Balaban J connectivity index is 0.00000361. The van der Waals surface area contributed by atoms with E-state index >= 15 is 0 Å². The number of guanidine groups is 1. The van der Waals surface area contributed by atoms with Gasteiger partial charge in [0.1, 0.15) is 12.4 Å². The molecule has 5 nitrogen and oxygen atoms in total. The Morgan fingerprint density at radius 3 is 2.45 bits per heavy atom. The number of para-hydroxylation sites is 1. The van der Waals surface area contributed by atoms with Gasteiger partial charge in [0.05, 0.1) is 6.54 Å². The minimum absolute atomic E-state index is 0. The minimum atomic E-state index is 0. The van der Waals surface area contributed by atoms with Gasteiger partial charge in [-0.2, -0.15) is 0 Å². The summed E-state index contributed by atoms with van der Waals surface area (Å²) in [6.45, 7) is 8.41. The second kappa shape index (κ2) is 10.7. The molecule has 0 radical (unpaired) electrons. The van der Waals surface area contributed by atoms with Crippen molar-refractivity contribution in [2.45, 2.75) is 20.4 Å². The summed E-state index contributed by atoms with van der Waals surface area (Å²) in [4.78, 5) is 6.33. The average Bonchev–Trinajstić information content (AvgIpc) is 2.42. The topological polar surface area (TPSA) is 76.9 Å². The highest BCUT2D eigenvalue weighted by molar-refractivity contribution is 14.0. The number of hydrogen-bond donors (Lipinski definition) is 2. The first kappa shape index (κ1) is 19.0. The molecule has 0 saturated heterocycles. The second-order valence-electron chi connectivity index (χ2n) is 4.22. The van der Waals surface area contributed by atoms with Gasteiger partial charge in [-0.3, -0.25) is 0 Å². The highest BCUT2D eigenvalue weighted by atomic mass is 127. The van der Waals surface area contributed by atoms with Crippen molar-refractivity contribution in [1.82, 2.24) is 4.90 Å². The van der Waals surface area contributed by atoms with E-state index in [4.69, 9.17) is 16.2 Å². The lowest BCUT2D eigenvalue weighted by Gasteiger charge is -2.18. The van der Waals surface area contributed by atoms with E-state index in [9.17, 15) is 0 Å². The number of aliphatic imine (C=N–C) groups is 1. The van der Waals surface area contributed by atoms with Gasteiger partial charge in [0.15, 0.2) is 5.96 Å². The molecule has 0 amide bonds. The van der Waals surface area contributed by atoms with Crippen LogP contribution in [0, 0.1) is 0 Å². The molecule has 6 heteroatoms. The van der Waals surface area contributed by atoms with Crippen LogP contribution in [0.2, 0.25) is 0 Å². The molecule has 0 saturated carbocycles. The SMILES string of the molecule is CCN(CC)CCOc1ccccc1CN=C(N)N.I. The largest absolute Gasteiger partial charge is 0.492 e. The molecule has 20 heavy (non-hydrogen) atoms. The molecule has 0 aliphatic rings. The number of hydrogen-bond acceptors (Lipinski definition) is 3. The van der Waals surface area contributed by atoms with E-state index in [1.54, 1.807) is 0 Å². The molecule has 1 rings (SSSR count). The Morgan fingerprint density at radius 2 is 1.85 bits per heavy atom. The maximum absolute atomic E-state index is 5.81. The van der Waals surface area contributed by atoms with Crippen LogP contribution in [0.15, 0.2) is 29.3 Å². The fraction of sp³-hybridized carbons (Fsp3) is 0.500. The second-order valence-corrected chi connectivity index (χ2v) is 4.22. The van der Waals surface area contributed by atoms with Crippen molar-refractivity contribution in [3.63, 3.8) is 0 Å². The molecule has 0 atom stereocenters. The number of likely N-dealkylation sites (N-methyl/N-ethyl adjacent to an activating group) is 1. The van der Waals surface area contributed by atoms with Gasteiger partial charge in [-0.05, 0) is 19.2 Å². The summed E-state index contributed by atoms with van der Waals surface area (Å²) < 4.78 is 5.81. The van der Waals surface area contributed by atoms with Gasteiger partial charge in [-0.1, -0.05) is 32.0 Å². The maximum atomic E-state index is 5.81. The van der Waals surface area contributed by atoms with Crippen LogP contribution in [-0.4, -0.2) is 37.1 Å². The van der Waals surface area contributed by atoms with E-state index in [1.165, 1.54) is 0 Å². The van der Waals surface area contributed by atoms with Crippen LogP contribution in [0.1, 0.15) is 19.4 Å². The molecule has 0 fully saturated rings. The van der Waals surface area contributed by atoms with Crippen molar-refractivity contribution in [3.8, 4) is 5.75 Å². The van der Waals surface area contributed by atoms with E-state index in [2.05, 4.69) is 23.7 Å². The van der Waals surface area contributed by atoms with Crippen LogP contribution in [0.25, 0.3) is 0 Å². The van der Waals surface area contributed by atoms with Gasteiger partial charge < -0.3 is 21.1 Å². The van der Waals surface area contributed by atoms with Gasteiger partial charge in [0.2, 0.25) is 0 Å². The molecule has 1 aromatic carbocycles. The zero-order valence-electron chi connectivity index (χ0n) is 12.2. The van der Waals surface area contributed by atoms with E-state index in [0.717, 1.165) is 30.9 Å². The quantitative estimate of drug-likeness (QED) is 0.402. The van der Waals surface area contributed by atoms with Crippen molar-refractivity contribution in [1.29, 1.82) is 0 Å². The van der Waals surface area contributed by atoms with Gasteiger partial charge in [-0.15, -0.1) is 24.0 Å². The standard InChI is InChI=1S/C14H24N4O.HI/c1-3-18(4-2)9-10-19-13-8-6-5-7-12(13)11-17-14(15)16;/h5-8H,3-4,9-11H2,1-2H3,(H4,15,16,17);1H. The van der Waals surface area contributed by atoms with Crippen molar-refractivity contribution in [2.75, 3.05) is 26.2 Å². The fourth-order valence-electron chi connectivity index (χ4n) is 1.78. The lowest BCUT2D eigenvalue weighted by Crippen LogP contribution is -2.28. The summed E-state index contributed by atoms with van der Waals surface area (Å²) in [5, 5.41) is 0. The molecule has 1 aromatic rings. The van der Waals surface area contributed by atoms with Crippen molar-refractivity contribution in [2.24, 2.45) is 16.5 Å². The number of nitrogens with two attached hydrogens (primary N) is 2. The molecule has 114 valence electrons. The van der Waals surface area contributed by atoms with E-state index in [-0.39, 0.29) is 29.9 Å². The zero-order valence-corrected chi connectivity index (χ0v) is 14.5. The van der Waals surface area contributed by atoms with Crippen LogP contribution < -0.4 is 16.2 Å². The Bertz CT molecular complexity index is 404. The summed E-state index contributed by atoms with van der Waals surface area (Å²) in [6.07, 6.45) is 0. The number of ether oxygens (including phenoxy) is 1. The third-order valence-electron chi connectivity index (χ3n) is 2.96. The summed E-state index contributed by atoms with van der Waals surface area (Å²) in [7, 11) is 0. The van der Waals surface area contributed by atoms with Crippen molar-refractivity contribution in [3.05, 3.63) is 29.8 Å².